The number of carbonyl (C=O) groups is 2. The third-order valence-corrected chi connectivity index (χ3v) is 4.64. The zero-order chi connectivity index (χ0) is 15.4. The van der Waals surface area contributed by atoms with E-state index >= 15 is 0 Å². The van der Waals surface area contributed by atoms with E-state index in [2.05, 4.69) is 4.98 Å². The lowest BCUT2D eigenvalue weighted by Crippen LogP contribution is -2.35. The second kappa shape index (κ2) is 6.87. The summed E-state index contributed by atoms with van der Waals surface area (Å²) in [5.74, 6) is -0.562. The fourth-order valence-corrected chi connectivity index (χ4v) is 3.32. The van der Waals surface area contributed by atoms with Gasteiger partial charge in [-0.25, -0.2) is 9.78 Å². The number of hydrogen-bond donors (Lipinski definition) is 0. The van der Waals surface area contributed by atoms with Crippen molar-refractivity contribution in [2.45, 2.75) is 25.7 Å². The van der Waals surface area contributed by atoms with Crippen LogP contribution in [0.1, 0.15) is 36.0 Å². The Morgan fingerprint density at radius 1 is 1.18 bits per heavy atom. The molecule has 0 aliphatic carbocycles. The number of carbonyl (C=O) groups excluding carboxylic acids is 2. The van der Waals surface area contributed by atoms with Gasteiger partial charge in [0.1, 0.15) is 0 Å². The Hall–Kier alpha value is -1.95. The van der Waals surface area contributed by atoms with Crippen molar-refractivity contribution in [3.63, 3.8) is 0 Å². The molecule has 3 rings (SSSR count). The molecular formula is C16H18N2O3S. The van der Waals surface area contributed by atoms with E-state index in [4.69, 9.17) is 4.74 Å². The fraction of sp³-hybridized carbons (Fsp3) is 0.438. The first-order chi connectivity index (χ1) is 10.7. The van der Waals surface area contributed by atoms with Gasteiger partial charge in [0.25, 0.3) is 5.91 Å². The Balaban J connectivity index is 1.57. The molecule has 0 unspecified atom stereocenters. The summed E-state index contributed by atoms with van der Waals surface area (Å²) in [6.07, 6.45) is 4.39. The number of rotatable bonds is 3. The molecule has 5 nitrogen and oxygen atoms in total. The van der Waals surface area contributed by atoms with E-state index in [9.17, 15) is 9.59 Å². The van der Waals surface area contributed by atoms with Crippen LogP contribution >= 0.6 is 11.3 Å². The highest BCUT2D eigenvalue weighted by molar-refractivity contribution is 7.16. The van der Waals surface area contributed by atoms with Crippen LogP contribution in [0, 0.1) is 0 Å². The lowest BCUT2D eigenvalue weighted by atomic mass is 10.2. The number of nitrogens with zero attached hydrogens (tertiary/aromatic N) is 2. The molecule has 0 atom stereocenters. The highest BCUT2D eigenvalue weighted by atomic mass is 32.1. The Kier molecular flexibility index (Phi) is 4.68. The lowest BCUT2D eigenvalue weighted by Gasteiger charge is -2.19. The number of benzene rings is 1. The predicted molar refractivity (Wildman–Crippen MR) is 85.0 cm³/mol. The first kappa shape index (κ1) is 15.0. The van der Waals surface area contributed by atoms with Crippen molar-refractivity contribution < 1.29 is 14.3 Å². The lowest BCUT2D eigenvalue weighted by molar-refractivity contribution is -0.134. The highest BCUT2D eigenvalue weighted by Crippen LogP contribution is 2.19. The monoisotopic (exact) mass is 318 g/mol. The minimum Gasteiger partial charge on any atom is -0.452 e. The van der Waals surface area contributed by atoms with Gasteiger partial charge in [0.05, 0.1) is 21.3 Å². The maximum atomic E-state index is 12.1. The fourth-order valence-electron chi connectivity index (χ4n) is 2.60. The summed E-state index contributed by atoms with van der Waals surface area (Å²) >= 11 is 1.47. The predicted octanol–water partition coefficient (Wildman–Crippen LogP) is 2.86. The topological polar surface area (TPSA) is 59.5 Å². The highest BCUT2D eigenvalue weighted by Gasteiger charge is 2.18. The van der Waals surface area contributed by atoms with E-state index in [1.165, 1.54) is 24.2 Å². The quantitative estimate of drug-likeness (QED) is 0.817. The van der Waals surface area contributed by atoms with Crippen molar-refractivity contribution in [2.75, 3.05) is 19.7 Å². The molecule has 116 valence electrons. The van der Waals surface area contributed by atoms with Gasteiger partial charge in [-0.1, -0.05) is 12.8 Å². The van der Waals surface area contributed by atoms with Crippen molar-refractivity contribution in [1.82, 2.24) is 9.88 Å². The van der Waals surface area contributed by atoms with Gasteiger partial charge >= 0.3 is 5.97 Å². The molecule has 1 aliphatic heterocycles. The minimum absolute atomic E-state index is 0.103. The van der Waals surface area contributed by atoms with Crippen LogP contribution in [0.3, 0.4) is 0 Å². The second-order valence-electron chi connectivity index (χ2n) is 5.41. The molecule has 1 aromatic carbocycles. The van der Waals surface area contributed by atoms with Crippen molar-refractivity contribution in [1.29, 1.82) is 0 Å². The van der Waals surface area contributed by atoms with Gasteiger partial charge in [-0.15, -0.1) is 11.3 Å². The number of thiazole rings is 1. The van der Waals surface area contributed by atoms with Gasteiger partial charge in [0.2, 0.25) is 0 Å². The summed E-state index contributed by atoms with van der Waals surface area (Å²) in [6, 6.07) is 5.23. The van der Waals surface area contributed by atoms with Gasteiger partial charge in [-0.3, -0.25) is 4.79 Å². The third kappa shape index (κ3) is 3.44. The van der Waals surface area contributed by atoms with Crippen molar-refractivity contribution in [3.8, 4) is 0 Å². The molecule has 22 heavy (non-hydrogen) atoms. The van der Waals surface area contributed by atoms with E-state index in [1.807, 2.05) is 0 Å². The first-order valence-corrected chi connectivity index (χ1v) is 8.40. The zero-order valence-electron chi connectivity index (χ0n) is 12.3. The number of amides is 1. The summed E-state index contributed by atoms with van der Waals surface area (Å²) in [5.41, 5.74) is 3.06. The third-order valence-electron chi connectivity index (χ3n) is 3.85. The molecule has 0 saturated carbocycles. The number of ether oxygens (including phenoxy) is 1. The number of likely N-dealkylation sites (tertiary alicyclic amines) is 1. The van der Waals surface area contributed by atoms with E-state index in [1.54, 1.807) is 28.6 Å². The van der Waals surface area contributed by atoms with Crippen molar-refractivity contribution >= 4 is 33.4 Å². The molecule has 2 aromatic rings. The summed E-state index contributed by atoms with van der Waals surface area (Å²) in [6.45, 7) is 1.35. The molecule has 0 N–H and O–H groups in total. The molecule has 0 radical (unpaired) electrons. The average Bonchev–Trinajstić information content (AvgIpc) is 2.83. The molecule has 1 aliphatic rings. The van der Waals surface area contributed by atoms with Crippen LogP contribution in [0.25, 0.3) is 10.2 Å². The molecule has 1 saturated heterocycles. The Bertz CT molecular complexity index is 675. The van der Waals surface area contributed by atoms with E-state index < -0.39 is 5.97 Å². The van der Waals surface area contributed by atoms with Crippen LogP contribution in [0.4, 0.5) is 0 Å². The van der Waals surface area contributed by atoms with Crippen LogP contribution in [0.2, 0.25) is 0 Å². The smallest absolute Gasteiger partial charge is 0.338 e. The normalized spacial score (nSPS) is 15.5. The molecule has 1 amide bonds. The first-order valence-electron chi connectivity index (χ1n) is 7.52. The molecule has 1 fully saturated rings. The van der Waals surface area contributed by atoms with Crippen molar-refractivity contribution in [3.05, 3.63) is 29.3 Å². The Morgan fingerprint density at radius 2 is 1.95 bits per heavy atom. The van der Waals surface area contributed by atoms with Gasteiger partial charge in [0.15, 0.2) is 6.61 Å². The Labute approximate surface area is 132 Å². The van der Waals surface area contributed by atoms with Crippen LogP contribution in [-0.4, -0.2) is 41.5 Å². The second-order valence-corrected chi connectivity index (χ2v) is 6.29. The van der Waals surface area contributed by atoms with E-state index in [0.717, 1.165) is 36.1 Å². The number of hydrogen-bond acceptors (Lipinski definition) is 5. The average molecular weight is 318 g/mol. The van der Waals surface area contributed by atoms with Gasteiger partial charge in [-0.05, 0) is 31.0 Å². The summed E-state index contributed by atoms with van der Waals surface area (Å²) in [4.78, 5) is 30.1. The van der Waals surface area contributed by atoms with E-state index in [0.29, 0.717) is 5.56 Å². The summed E-state index contributed by atoms with van der Waals surface area (Å²) < 4.78 is 6.10. The van der Waals surface area contributed by atoms with Crippen LogP contribution < -0.4 is 0 Å². The Morgan fingerprint density at radius 3 is 2.73 bits per heavy atom. The van der Waals surface area contributed by atoms with Gasteiger partial charge < -0.3 is 9.64 Å². The van der Waals surface area contributed by atoms with Gasteiger partial charge in [-0.2, -0.15) is 0 Å². The molecule has 0 bridgehead atoms. The SMILES string of the molecule is O=C(OCC(=O)N1CCCCCC1)c1ccc2ncsc2c1. The molecule has 0 spiro atoms. The molecular weight excluding hydrogens is 300 g/mol. The van der Waals surface area contributed by atoms with Crippen molar-refractivity contribution in [2.24, 2.45) is 0 Å². The molecule has 2 heterocycles. The van der Waals surface area contributed by atoms with E-state index in [-0.39, 0.29) is 12.5 Å². The molecule has 6 heteroatoms. The van der Waals surface area contributed by atoms with Gasteiger partial charge in [0, 0.05) is 13.1 Å². The van der Waals surface area contributed by atoms with Crippen LogP contribution in [-0.2, 0) is 9.53 Å². The number of aromatic nitrogens is 1. The summed E-state index contributed by atoms with van der Waals surface area (Å²) in [7, 11) is 0. The molecule has 1 aromatic heterocycles. The zero-order valence-corrected chi connectivity index (χ0v) is 13.1. The number of fused-ring (bicyclic) bond motifs is 1. The van der Waals surface area contributed by atoms with Crippen LogP contribution in [0.5, 0.6) is 0 Å². The summed E-state index contributed by atoms with van der Waals surface area (Å²) in [5, 5.41) is 0. The number of esters is 1. The standard InChI is InChI=1S/C16H18N2O3S/c19-15(18-7-3-1-2-4-8-18)10-21-16(20)12-5-6-13-14(9-12)22-11-17-13/h5-6,9,11H,1-4,7-8,10H2. The maximum absolute atomic E-state index is 12.1. The maximum Gasteiger partial charge on any atom is 0.338 e. The van der Waals surface area contributed by atoms with Crippen LogP contribution in [0.15, 0.2) is 23.7 Å². The minimum atomic E-state index is -0.460. The largest absolute Gasteiger partial charge is 0.452 e.